The highest BCUT2D eigenvalue weighted by Crippen LogP contribution is 2.17. The van der Waals surface area contributed by atoms with Crippen LogP contribution < -0.4 is 16.0 Å². The van der Waals surface area contributed by atoms with Crippen molar-refractivity contribution in [3.63, 3.8) is 0 Å². The van der Waals surface area contributed by atoms with Crippen LogP contribution in [0.15, 0.2) is 24.3 Å². The molecule has 1 aliphatic carbocycles. The van der Waals surface area contributed by atoms with E-state index in [0.717, 1.165) is 31.2 Å². The van der Waals surface area contributed by atoms with Crippen molar-refractivity contribution in [1.29, 1.82) is 0 Å². The van der Waals surface area contributed by atoms with Gasteiger partial charge in [0, 0.05) is 17.1 Å². The lowest BCUT2D eigenvalue weighted by molar-refractivity contribution is -0.119. The van der Waals surface area contributed by atoms with Crippen molar-refractivity contribution in [2.75, 3.05) is 6.54 Å². The van der Waals surface area contributed by atoms with Crippen LogP contribution in [0, 0.1) is 0 Å². The van der Waals surface area contributed by atoms with Crippen LogP contribution in [0.2, 0.25) is 5.02 Å². The highest BCUT2D eigenvalue weighted by molar-refractivity contribution is 6.30. The first-order chi connectivity index (χ1) is 10.5. The molecule has 1 atom stereocenters. The summed E-state index contributed by atoms with van der Waals surface area (Å²) in [6.07, 6.45) is 4.26. The van der Waals surface area contributed by atoms with E-state index in [0.29, 0.717) is 5.02 Å². The average molecular weight is 324 g/mol. The fourth-order valence-electron chi connectivity index (χ4n) is 2.58. The maximum absolute atomic E-state index is 11.8. The minimum atomic E-state index is -0.405. The van der Waals surface area contributed by atoms with E-state index in [-0.39, 0.29) is 24.5 Å². The van der Waals surface area contributed by atoms with Crippen LogP contribution in [-0.4, -0.2) is 24.5 Å². The summed E-state index contributed by atoms with van der Waals surface area (Å²) in [7, 11) is 0. The molecule has 0 saturated heterocycles. The second-order valence-corrected chi connectivity index (χ2v) is 6.09. The normalized spacial score (nSPS) is 16.3. The van der Waals surface area contributed by atoms with Gasteiger partial charge in [-0.2, -0.15) is 0 Å². The van der Waals surface area contributed by atoms with Crippen LogP contribution in [0.5, 0.6) is 0 Å². The summed E-state index contributed by atoms with van der Waals surface area (Å²) >= 11 is 5.84. The van der Waals surface area contributed by atoms with Gasteiger partial charge in [0.15, 0.2) is 0 Å². The Balaban J connectivity index is 1.70. The molecule has 6 heteroatoms. The Kier molecular flexibility index (Phi) is 6.21. The van der Waals surface area contributed by atoms with Gasteiger partial charge in [0.2, 0.25) is 5.91 Å². The molecule has 3 N–H and O–H groups in total. The number of amides is 3. The van der Waals surface area contributed by atoms with Crippen LogP contribution in [0.25, 0.3) is 0 Å². The van der Waals surface area contributed by atoms with E-state index in [1.165, 1.54) is 0 Å². The van der Waals surface area contributed by atoms with Crippen LogP contribution >= 0.6 is 11.6 Å². The molecular formula is C16H22ClN3O2. The molecule has 0 spiro atoms. The minimum absolute atomic E-state index is 0.000843. The summed E-state index contributed by atoms with van der Waals surface area (Å²) in [5.41, 5.74) is 1.03. The Bertz CT molecular complexity index is 513. The molecule has 0 unspecified atom stereocenters. The van der Waals surface area contributed by atoms with Crippen LogP contribution in [0.4, 0.5) is 4.79 Å². The number of hydrogen-bond donors (Lipinski definition) is 3. The Morgan fingerprint density at radius 3 is 2.50 bits per heavy atom. The fourth-order valence-corrected chi connectivity index (χ4v) is 2.70. The van der Waals surface area contributed by atoms with Gasteiger partial charge < -0.3 is 10.6 Å². The van der Waals surface area contributed by atoms with Gasteiger partial charge in [-0.05, 0) is 37.5 Å². The van der Waals surface area contributed by atoms with Crippen LogP contribution in [0.1, 0.15) is 44.2 Å². The van der Waals surface area contributed by atoms with Gasteiger partial charge in [-0.1, -0.05) is 36.6 Å². The largest absolute Gasteiger partial charge is 0.335 e. The van der Waals surface area contributed by atoms with Crippen molar-refractivity contribution >= 4 is 23.5 Å². The van der Waals surface area contributed by atoms with Gasteiger partial charge in [-0.25, -0.2) is 4.79 Å². The molecule has 120 valence electrons. The van der Waals surface area contributed by atoms with Gasteiger partial charge in [0.05, 0.1) is 6.54 Å². The van der Waals surface area contributed by atoms with E-state index in [2.05, 4.69) is 16.0 Å². The van der Waals surface area contributed by atoms with E-state index in [1.54, 1.807) is 0 Å². The summed E-state index contributed by atoms with van der Waals surface area (Å²) in [6, 6.07) is 7.23. The van der Waals surface area contributed by atoms with Gasteiger partial charge in [0.25, 0.3) is 0 Å². The molecule has 0 aliphatic heterocycles. The summed E-state index contributed by atoms with van der Waals surface area (Å²) in [4.78, 5) is 23.4. The van der Waals surface area contributed by atoms with Gasteiger partial charge >= 0.3 is 6.03 Å². The molecule has 3 amide bonds. The summed E-state index contributed by atoms with van der Waals surface area (Å²) in [5, 5.41) is 8.93. The number of nitrogens with one attached hydrogen (secondary N) is 3. The molecule has 0 heterocycles. The predicted molar refractivity (Wildman–Crippen MR) is 86.8 cm³/mol. The number of carbonyl (C=O) groups is 2. The second-order valence-electron chi connectivity index (χ2n) is 5.66. The average Bonchev–Trinajstić information content (AvgIpc) is 2.98. The zero-order valence-electron chi connectivity index (χ0n) is 12.7. The lowest BCUT2D eigenvalue weighted by Crippen LogP contribution is -2.46. The van der Waals surface area contributed by atoms with Crippen molar-refractivity contribution in [2.24, 2.45) is 0 Å². The summed E-state index contributed by atoms with van der Waals surface area (Å²) in [6.45, 7) is 2.04. The maximum atomic E-state index is 11.8. The van der Waals surface area contributed by atoms with Crippen molar-refractivity contribution in [3.05, 3.63) is 34.9 Å². The Hall–Kier alpha value is -1.59. The third-order valence-electron chi connectivity index (χ3n) is 3.88. The molecule has 5 nitrogen and oxygen atoms in total. The molecule has 1 aliphatic rings. The summed E-state index contributed by atoms with van der Waals surface area (Å²) < 4.78 is 0. The second kappa shape index (κ2) is 8.15. The first kappa shape index (κ1) is 16.8. The zero-order chi connectivity index (χ0) is 15.9. The quantitative estimate of drug-likeness (QED) is 0.780. The predicted octanol–water partition coefficient (Wildman–Crippen LogP) is 2.76. The van der Waals surface area contributed by atoms with Crippen molar-refractivity contribution in [1.82, 2.24) is 16.0 Å². The Morgan fingerprint density at radius 1 is 1.23 bits per heavy atom. The Labute approximate surface area is 135 Å². The zero-order valence-corrected chi connectivity index (χ0v) is 13.5. The standard InChI is InChI=1S/C16H22ClN3O2/c1-11(12-6-8-13(17)9-7-12)18-10-15(21)20-16(22)19-14-4-2-3-5-14/h6-9,11,14,18H,2-5,10H2,1H3,(H2,19,20,21,22)/t11-/m0/s1. The van der Waals surface area contributed by atoms with Gasteiger partial charge in [-0.3, -0.25) is 10.1 Å². The van der Waals surface area contributed by atoms with Crippen molar-refractivity contribution in [2.45, 2.75) is 44.7 Å². The SMILES string of the molecule is C[C@H](NCC(=O)NC(=O)NC1CCCC1)c1ccc(Cl)cc1. The van der Waals surface area contributed by atoms with Crippen LogP contribution in [-0.2, 0) is 4.79 Å². The molecule has 0 bridgehead atoms. The smallest absolute Gasteiger partial charge is 0.321 e. The maximum Gasteiger partial charge on any atom is 0.321 e. The molecule has 1 saturated carbocycles. The number of benzene rings is 1. The third kappa shape index (κ3) is 5.31. The molecule has 1 aromatic rings. The number of rotatable bonds is 5. The first-order valence-electron chi connectivity index (χ1n) is 7.64. The lowest BCUT2D eigenvalue weighted by Gasteiger charge is -2.15. The van der Waals surface area contributed by atoms with Crippen LogP contribution in [0.3, 0.4) is 0 Å². The lowest BCUT2D eigenvalue weighted by atomic mass is 10.1. The van der Waals surface area contributed by atoms with Gasteiger partial charge in [0.1, 0.15) is 0 Å². The highest BCUT2D eigenvalue weighted by Gasteiger charge is 2.18. The Morgan fingerprint density at radius 2 is 1.86 bits per heavy atom. The molecule has 0 radical (unpaired) electrons. The number of imide groups is 1. The van der Waals surface area contributed by atoms with E-state index in [9.17, 15) is 9.59 Å². The fraction of sp³-hybridized carbons (Fsp3) is 0.500. The molecule has 1 aromatic carbocycles. The number of halogens is 1. The third-order valence-corrected chi connectivity index (χ3v) is 4.13. The van der Waals surface area contributed by atoms with Crippen molar-refractivity contribution in [3.8, 4) is 0 Å². The van der Waals surface area contributed by atoms with Crippen molar-refractivity contribution < 1.29 is 9.59 Å². The topological polar surface area (TPSA) is 70.2 Å². The van der Waals surface area contributed by atoms with E-state index < -0.39 is 6.03 Å². The minimum Gasteiger partial charge on any atom is -0.335 e. The molecule has 22 heavy (non-hydrogen) atoms. The van der Waals surface area contributed by atoms with E-state index in [1.807, 2.05) is 31.2 Å². The van der Waals surface area contributed by atoms with Gasteiger partial charge in [-0.15, -0.1) is 0 Å². The number of hydrogen-bond acceptors (Lipinski definition) is 3. The number of urea groups is 1. The monoisotopic (exact) mass is 323 g/mol. The molecular weight excluding hydrogens is 302 g/mol. The summed E-state index contributed by atoms with van der Waals surface area (Å²) in [5.74, 6) is -0.337. The van der Waals surface area contributed by atoms with E-state index >= 15 is 0 Å². The molecule has 0 aromatic heterocycles. The first-order valence-corrected chi connectivity index (χ1v) is 8.01. The highest BCUT2D eigenvalue weighted by atomic mass is 35.5. The molecule has 1 fully saturated rings. The number of carbonyl (C=O) groups excluding carboxylic acids is 2. The van der Waals surface area contributed by atoms with E-state index in [4.69, 9.17) is 11.6 Å². The molecule has 2 rings (SSSR count).